The Hall–Kier alpha value is -2.30. The molecular weight excluding hydrogens is 276 g/mol. The Balaban J connectivity index is 4.69. The van der Waals surface area contributed by atoms with Crippen LogP contribution in [0.1, 0.15) is 33.1 Å². The van der Waals surface area contributed by atoms with Crippen molar-refractivity contribution < 1.29 is 19.5 Å². The maximum atomic E-state index is 12.1. The Morgan fingerprint density at radius 3 is 2.43 bits per heavy atom. The van der Waals surface area contributed by atoms with Crippen molar-refractivity contribution in [3.63, 3.8) is 0 Å². The van der Waals surface area contributed by atoms with Crippen molar-refractivity contribution in [1.29, 1.82) is 5.26 Å². The van der Waals surface area contributed by atoms with Crippen LogP contribution in [-0.4, -0.2) is 47.0 Å². The molecule has 0 aliphatic heterocycles. The molecule has 0 aliphatic carbocycles. The van der Waals surface area contributed by atoms with Crippen LogP contribution in [0.3, 0.4) is 0 Å². The Bertz CT molecular complexity index is 417. The molecule has 1 atom stereocenters. The van der Waals surface area contributed by atoms with E-state index in [2.05, 4.69) is 5.32 Å². The van der Waals surface area contributed by atoms with Gasteiger partial charge < -0.3 is 21.1 Å². The number of nitrogens with zero attached hydrogens (tertiary/aromatic N) is 2. The lowest BCUT2D eigenvalue weighted by Gasteiger charge is -2.25. The van der Waals surface area contributed by atoms with Crippen LogP contribution in [0.5, 0.6) is 0 Å². The lowest BCUT2D eigenvalue weighted by Crippen LogP contribution is -2.49. The number of urea groups is 1. The van der Waals surface area contributed by atoms with Crippen molar-refractivity contribution in [2.24, 2.45) is 11.7 Å². The van der Waals surface area contributed by atoms with Gasteiger partial charge in [0.2, 0.25) is 5.91 Å². The molecule has 0 unspecified atom stereocenters. The lowest BCUT2D eigenvalue weighted by atomic mass is 10.1. The monoisotopic (exact) mass is 298 g/mol. The van der Waals surface area contributed by atoms with E-state index >= 15 is 0 Å². The summed E-state index contributed by atoms with van der Waals surface area (Å²) in [6, 6.07) is 0.205. The van der Waals surface area contributed by atoms with Gasteiger partial charge in [0.1, 0.15) is 6.04 Å². The predicted octanol–water partition coefficient (Wildman–Crippen LogP) is 0.286. The van der Waals surface area contributed by atoms with Gasteiger partial charge in [0.15, 0.2) is 0 Å². The van der Waals surface area contributed by atoms with Crippen molar-refractivity contribution in [3.05, 3.63) is 0 Å². The molecule has 0 spiro atoms. The van der Waals surface area contributed by atoms with Gasteiger partial charge in [-0.05, 0) is 12.3 Å². The third kappa shape index (κ3) is 8.47. The largest absolute Gasteiger partial charge is 0.480 e. The molecule has 4 N–H and O–H groups in total. The van der Waals surface area contributed by atoms with E-state index in [1.54, 1.807) is 0 Å². The fourth-order valence-electron chi connectivity index (χ4n) is 1.69. The first-order valence-corrected chi connectivity index (χ1v) is 6.71. The Labute approximate surface area is 123 Å². The summed E-state index contributed by atoms with van der Waals surface area (Å²) in [5, 5.41) is 20.0. The molecule has 3 amide bonds. The smallest absolute Gasteiger partial charge is 0.326 e. The van der Waals surface area contributed by atoms with E-state index < -0.39 is 23.9 Å². The number of carboxylic acid groups (broad SMARTS) is 1. The van der Waals surface area contributed by atoms with Crippen molar-refractivity contribution in [2.75, 3.05) is 13.1 Å². The van der Waals surface area contributed by atoms with Crippen LogP contribution in [0.4, 0.5) is 4.79 Å². The second kappa shape index (κ2) is 9.58. The zero-order valence-electron chi connectivity index (χ0n) is 12.3. The van der Waals surface area contributed by atoms with E-state index in [1.807, 2.05) is 19.9 Å². The molecule has 0 radical (unpaired) electrons. The fraction of sp³-hybridized carbons (Fsp3) is 0.692. The van der Waals surface area contributed by atoms with E-state index in [0.717, 1.165) is 0 Å². The topological polar surface area (TPSA) is 137 Å². The van der Waals surface area contributed by atoms with E-state index in [-0.39, 0.29) is 31.7 Å². The number of nitrogens with one attached hydrogen (secondary N) is 1. The molecule has 21 heavy (non-hydrogen) atoms. The SMILES string of the molecule is CC(C)CN(CCC#N)C(=O)N[C@@H](CCC(N)=O)C(=O)O. The van der Waals surface area contributed by atoms with Crippen LogP contribution >= 0.6 is 0 Å². The second-order valence-corrected chi connectivity index (χ2v) is 5.09. The molecule has 0 aromatic carbocycles. The molecule has 0 saturated carbocycles. The van der Waals surface area contributed by atoms with Crippen LogP contribution in [0.15, 0.2) is 0 Å². The number of hydrogen-bond donors (Lipinski definition) is 3. The van der Waals surface area contributed by atoms with E-state index in [1.165, 1.54) is 4.90 Å². The highest BCUT2D eigenvalue weighted by molar-refractivity contribution is 5.83. The quantitative estimate of drug-likeness (QED) is 0.561. The molecule has 118 valence electrons. The van der Waals surface area contributed by atoms with Crippen LogP contribution in [0.2, 0.25) is 0 Å². The molecule has 8 heteroatoms. The van der Waals surface area contributed by atoms with E-state index in [9.17, 15) is 14.4 Å². The van der Waals surface area contributed by atoms with Crippen LogP contribution in [-0.2, 0) is 9.59 Å². The average molecular weight is 298 g/mol. The van der Waals surface area contributed by atoms with Crippen LogP contribution in [0, 0.1) is 17.2 Å². The summed E-state index contributed by atoms with van der Waals surface area (Å²) in [7, 11) is 0. The number of nitriles is 1. The molecule has 0 rings (SSSR count). The molecule has 0 fully saturated rings. The lowest BCUT2D eigenvalue weighted by molar-refractivity contribution is -0.139. The summed E-state index contributed by atoms with van der Waals surface area (Å²) in [6.07, 6.45) is -0.0248. The molecule has 0 heterocycles. The molecular formula is C13H22N4O4. The van der Waals surface area contributed by atoms with Gasteiger partial charge in [-0.25, -0.2) is 9.59 Å². The van der Waals surface area contributed by atoms with E-state index in [0.29, 0.717) is 6.54 Å². The van der Waals surface area contributed by atoms with Gasteiger partial charge in [0.25, 0.3) is 0 Å². The number of nitrogens with two attached hydrogens (primary N) is 1. The van der Waals surface area contributed by atoms with E-state index in [4.69, 9.17) is 16.1 Å². The Kier molecular flexibility index (Phi) is 8.53. The normalized spacial score (nSPS) is 11.5. The minimum absolute atomic E-state index is 0.0653. The third-order valence-corrected chi connectivity index (χ3v) is 2.64. The Morgan fingerprint density at radius 1 is 1.38 bits per heavy atom. The minimum atomic E-state index is -1.23. The number of aliphatic carboxylic acids is 1. The third-order valence-electron chi connectivity index (χ3n) is 2.64. The van der Waals surface area contributed by atoms with Gasteiger partial charge in [-0.3, -0.25) is 4.79 Å². The molecule has 0 aromatic heterocycles. The van der Waals surface area contributed by atoms with Gasteiger partial charge in [0.05, 0.1) is 12.5 Å². The summed E-state index contributed by atoms with van der Waals surface area (Å²) in [4.78, 5) is 35.2. The molecule has 0 bridgehead atoms. The molecule has 0 aliphatic rings. The zero-order valence-corrected chi connectivity index (χ0v) is 12.3. The van der Waals surface area contributed by atoms with Gasteiger partial charge in [-0.2, -0.15) is 5.26 Å². The first kappa shape index (κ1) is 18.7. The highest BCUT2D eigenvalue weighted by Crippen LogP contribution is 2.03. The summed E-state index contributed by atoms with van der Waals surface area (Å²) < 4.78 is 0. The highest BCUT2D eigenvalue weighted by atomic mass is 16.4. The number of amides is 3. The molecule has 0 saturated heterocycles. The van der Waals surface area contributed by atoms with Crippen molar-refractivity contribution in [2.45, 2.75) is 39.2 Å². The van der Waals surface area contributed by atoms with Gasteiger partial charge in [0, 0.05) is 19.5 Å². The zero-order chi connectivity index (χ0) is 16.4. The first-order valence-electron chi connectivity index (χ1n) is 6.71. The summed E-state index contributed by atoms with van der Waals surface area (Å²) >= 11 is 0. The molecule has 0 aromatic rings. The van der Waals surface area contributed by atoms with Crippen molar-refractivity contribution >= 4 is 17.9 Å². The maximum Gasteiger partial charge on any atom is 0.326 e. The van der Waals surface area contributed by atoms with Crippen LogP contribution in [0.25, 0.3) is 0 Å². The summed E-state index contributed by atoms with van der Waals surface area (Å²) in [5.74, 6) is -1.67. The number of carboxylic acids is 1. The van der Waals surface area contributed by atoms with Gasteiger partial charge in [-0.1, -0.05) is 13.8 Å². The highest BCUT2D eigenvalue weighted by Gasteiger charge is 2.23. The van der Waals surface area contributed by atoms with Gasteiger partial charge in [-0.15, -0.1) is 0 Å². The fourth-order valence-corrected chi connectivity index (χ4v) is 1.69. The van der Waals surface area contributed by atoms with Crippen molar-refractivity contribution in [3.8, 4) is 6.07 Å². The first-order chi connectivity index (χ1) is 9.77. The standard InChI is InChI=1S/C13H22N4O4/c1-9(2)8-17(7-3-6-14)13(21)16-10(12(19)20)4-5-11(15)18/h9-10H,3-5,7-8H2,1-2H3,(H2,15,18)(H,16,21)(H,19,20)/t10-/m0/s1. The predicted molar refractivity (Wildman–Crippen MR) is 75.0 cm³/mol. The van der Waals surface area contributed by atoms with Crippen molar-refractivity contribution in [1.82, 2.24) is 10.2 Å². The maximum absolute atomic E-state index is 12.1. The Morgan fingerprint density at radius 2 is 2.00 bits per heavy atom. The molecule has 8 nitrogen and oxygen atoms in total. The van der Waals surface area contributed by atoms with Crippen LogP contribution < -0.4 is 11.1 Å². The minimum Gasteiger partial charge on any atom is -0.480 e. The second-order valence-electron chi connectivity index (χ2n) is 5.09. The average Bonchev–Trinajstić information content (AvgIpc) is 2.37. The number of carbonyl (C=O) groups excluding carboxylic acids is 2. The number of hydrogen-bond acceptors (Lipinski definition) is 4. The summed E-state index contributed by atoms with van der Waals surface area (Å²) in [5.41, 5.74) is 4.97. The number of carbonyl (C=O) groups is 3. The van der Waals surface area contributed by atoms with Gasteiger partial charge >= 0.3 is 12.0 Å². The number of rotatable bonds is 9. The summed E-state index contributed by atoms with van der Waals surface area (Å²) in [6.45, 7) is 4.46. The number of primary amides is 1.